The Hall–Kier alpha value is -3.07. The Kier molecular flexibility index (Phi) is 6.88. The molecule has 4 rings (SSSR count). The molecule has 3 N–H and O–H groups in total. The molecule has 2 heterocycles. The normalized spacial score (nSPS) is 22.4. The molecule has 2 aromatic carbocycles. The first-order valence-electron chi connectivity index (χ1n) is 11.1. The van der Waals surface area contributed by atoms with Crippen LogP contribution in [0.25, 0.3) is 0 Å². The lowest BCUT2D eigenvalue weighted by atomic mass is 9.91. The number of anilines is 1. The minimum absolute atomic E-state index is 0.148. The number of rotatable bonds is 5. The summed E-state index contributed by atoms with van der Waals surface area (Å²) in [5.41, 5.74) is 2.74. The maximum Gasteiger partial charge on any atom is 0.408 e. The van der Waals surface area contributed by atoms with Crippen molar-refractivity contribution in [2.45, 2.75) is 31.1 Å². The molecule has 2 aliphatic rings. The average Bonchev–Trinajstić information content (AvgIpc) is 2.83. The zero-order chi connectivity index (χ0) is 23.4. The van der Waals surface area contributed by atoms with E-state index in [1.807, 2.05) is 59.9 Å². The lowest BCUT2D eigenvalue weighted by Crippen LogP contribution is -2.54. The van der Waals surface area contributed by atoms with Crippen LogP contribution in [0.1, 0.15) is 30.0 Å². The highest BCUT2D eigenvalue weighted by atomic mass is 19.4. The lowest BCUT2D eigenvalue weighted by molar-refractivity contribution is -0.171. The van der Waals surface area contributed by atoms with Crippen LogP contribution < -0.4 is 20.9 Å². The molecule has 3 unspecified atom stereocenters. The van der Waals surface area contributed by atoms with Gasteiger partial charge in [0.1, 0.15) is 12.0 Å². The zero-order valence-corrected chi connectivity index (χ0v) is 18.1. The highest BCUT2D eigenvalue weighted by Crippen LogP contribution is 2.30. The molecule has 3 atom stereocenters. The summed E-state index contributed by atoms with van der Waals surface area (Å²) in [4.78, 5) is 27.5. The van der Waals surface area contributed by atoms with Crippen molar-refractivity contribution in [2.24, 2.45) is 5.92 Å². The van der Waals surface area contributed by atoms with E-state index in [1.165, 1.54) is 0 Å². The van der Waals surface area contributed by atoms with Crippen molar-refractivity contribution in [1.82, 2.24) is 16.0 Å². The van der Waals surface area contributed by atoms with Gasteiger partial charge in [-0.3, -0.25) is 9.59 Å². The molecule has 0 bridgehead atoms. The molecule has 0 spiro atoms. The molecule has 0 aromatic heterocycles. The second kappa shape index (κ2) is 9.82. The van der Waals surface area contributed by atoms with Crippen LogP contribution in [-0.4, -0.2) is 50.2 Å². The van der Waals surface area contributed by atoms with E-state index < -0.39 is 36.0 Å². The van der Waals surface area contributed by atoms with Gasteiger partial charge in [0, 0.05) is 31.9 Å². The van der Waals surface area contributed by atoms with Crippen molar-refractivity contribution < 1.29 is 22.8 Å². The van der Waals surface area contributed by atoms with Gasteiger partial charge in [0.05, 0.1) is 6.04 Å². The van der Waals surface area contributed by atoms with Crippen LogP contribution >= 0.6 is 0 Å². The number of carbonyl (C=O) groups is 2. The number of amides is 2. The van der Waals surface area contributed by atoms with Crippen molar-refractivity contribution >= 4 is 17.5 Å². The molecule has 6 nitrogen and oxygen atoms in total. The van der Waals surface area contributed by atoms with Crippen LogP contribution in [0, 0.1) is 5.92 Å². The van der Waals surface area contributed by atoms with Crippen molar-refractivity contribution in [1.29, 1.82) is 0 Å². The standard InChI is InChI=1S/C24H27F3N4O2/c25-24(26,27)20-11-10-19(22(32)29-20)23(33)30-21(16-4-2-1-3-5-16)17-6-8-18(9-7-17)31-14-12-28-13-15-31/h1-9,19-21,28H,10-15H2,(H,29,32)(H,30,33). The van der Waals surface area contributed by atoms with Crippen LogP contribution in [0.3, 0.4) is 0 Å². The summed E-state index contributed by atoms with van der Waals surface area (Å²) in [6, 6.07) is 14.8. The number of halogens is 3. The average molecular weight is 461 g/mol. The number of piperazine rings is 1. The first-order chi connectivity index (χ1) is 15.8. The van der Waals surface area contributed by atoms with Crippen LogP contribution in [0.4, 0.5) is 18.9 Å². The summed E-state index contributed by atoms with van der Waals surface area (Å²) in [5, 5.41) is 8.16. The minimum Gasteiger partial charge on any atom is -0.369 e. The summed E-state index contributed by atoms with van der Waals surface area (Å²) in [7, 11) is 0. The van der Waals surface area contributed by atoms with E-state index >= 15 is 0 Å². The fraction of sp³-hybridized carbons (Fsp3) is 0.417. The quantitative estimate of drug-likeness (QED) is 0.600. The Labute approximate surface area is 190 Å². The molecule has 2 aliphatic heterocycles. The first-order valence-corrected chi connectivity index (χ1v) is 11.1. The van der Waals surface area contributed by atoms with Gasteiger partial charge in [0.2, 0.25) is 11.8 Å². The van der Waals surface area contributed by atoms with Crippen molar-refractivity contribution in [2.75, 3.05) is 31.1 Å². The Morgan fingerprint density at radius 2 is 1.61 bits per heavy atom. The number of hydrogen-bond acceptors (Lipinski definition) is 4. The molecule has 9 heteroatoms. The van der Waals surface area contributed by atoms with Crippen molar-refractivity contribution in [3.8, 4) is 0 Å². The van der Waals surface area contributed by atoms with Gasteiger partial charge in [-0.2, -0.15) is 13.2 Å². The molecule has 2 aromatic rings. The summed E-state index contributed by atoms with van der Waals surface area (Å²) < 4.78 is 38.8. The lowest BCUT2D eigenvalue weighted by Gasteiger charge is -2.31. The number of nitrogens with one attached hydrogen (secondary N) is 3. The van der Waals surface area contributed by atoms with E-state index in [2.05, 4.69) is 15.5 Å². The smallest absolute Gasteiger partial charge is 0.369 e. The maximum absolute atomic E-state index is 13.0. The van der Waals surface area contributed by atoms with E-state index in [-0.39, 0.29) is 12.8 Å². The molecular formula is C24H27F3N4O2. The largest absolute Gasteiger partial charge is 0.408 e. The van der Waals surface area contributed by atoms with Gasteiger partial charge >= 0.3 is 6.18 Å². The third-order valence-corrected chi connectivity index (χ3v) is 6.22. The van der Waals surface area contributed by atoms with E-state index in [9.17, 15) is 22.8 Å². The van der Waals surface area contributed by atoms with Crippen molar-refractivity contribution in [3.05, 3.63) is 65.7 Å². The van der Waals surface area contributed by atoms with Crippen LogP contribution in [0.15, 0.2) is 54.6 Å². The van der Waals surface area contributed by atoms with E-state index in [0.29, 0.717) is 0 Å². The highest BCUT2D eigenvalue weighted by Gasteiger charge is 2.46. The second-order valence-corrected chi connectivity index (χ2v) is 8.41. The fourth-order valence-corrected chi connectivity index (χ4v) is 4.35. The molecule has 0 saturated carbocycles. The molecule has 2 fully saturated rings. The minimum atomic E-state index is -4.52. The highest BCUT2D eigenvalue weighted by molar-refractivity contribution is 6.01. The predicted octanol–water partition coefficient (Wildman–Crippen LogP) is 2.76. The topological polar surface area (TPSA) is 73.5 Å². The molecule has 2 saturated heterocycles. The van der Waals surface area contributed by atoms with Gasteiger partial charge < -0.3 is 20.9 Å². The number of piperidine rings is 1. The predicted molar refractivity (Wildman–Crippen MR) is 119 cm³/mol. The van der Waals surface area contributed by atoms with Gasteiger partial charge in [-0.1, -0.05) is 42.5 Å². The monoisotopic (exact) mass is 460 g/mol. The van der Waals surface area contributed by atoms with Gasteiger partial charge in [-0.15, -0.1) is 0 Å². The summed E-state index contributed by atoms with van der Waals surface area (Å²) in [5.74, 6) is -2.62. The second-order valence-electron chi connectivity index (χ2n) is 8.41. The van der Waals surface area contributed by atoms with Crippen LogP contribution in [0.2, 0.25) is 0 Å². The summed E-state index contributed by atoms with van der Waals surface area (Å²) >= 11 is 0. The SMILES string of the molecule is O=C(NC(c1ccccc1)c1ccc(N2CCNCC2)cc1)C1CCC(C(F)(F)F)NC1=O. The van der Waals surface area contributed by atoms with Gasteiger partial charge in [-0.25, -0.2) is 0 Å². The number of alkyl halides is 3. The Balaban J connectivity index is 1.51. The Morgan fingerprint density at radius 3 is 2.21 bits per heavy atom. The Morgan fingerprint density at radius 1 is 0.970 bits per heavy atom. The van der Waals surface area contributed by atoms with Gasteiger partial charge in [-0.05, 0) is 36.1 Å². The Bertz CT molecular complexity index is 960. The van der Waals surface area contributed by atoms with E-state index in [1.54, 1.807) is 0 Å². The molecular weight excluding hydrogens is 433 g/mol. The molecule has 0 radical (unpaired) electrons. The van der Waals surface area contributed by atoms with E-state index in [0.717, 1.165) is 43.0 Å². The maximum atomic E-state index is 13.0. The van der Waals surface area contributed by atoms with Crippen molar-refractivity contribution in [3.63, 3.8) is 0 Å². The van der Waals surface area contributed by atoms with Gasteiger partial charge in [0.25, 0.3) is 0 Å². The number of hydrogen-bond donors (Lipinski definition) is 3. The fourth-order valence-electron chi connectivity index (χ4n) is 4.35. The molecule has 176 valence electrons. The molecule has 33 heavy (non-hydrogen) atoms. The van der Waals surface area contributed by atoms with Crippen LogP contribution in [-0.2, 0) is 9.59 Å². The third kappa shape index (κ3) is 5.47. The summed E-state index contributed by atoms with van der Waals surface area (Å²) in [6.45, 7) is 3.66. The zero-order valence-electron chi connectivity index (χ0n) is 18.1. The number of benzene rings is 2. The van der Waals surface area contributed by atoms with Gasteiger partial charge in [0.15, 0.2) is 0 Å². The third-order valence-electron chi connectivity index (χ3n) is 6.22. The summed E-state index contributed by atoms with van der Waals surface area (Å²) in [6.07, 6.45) is -4.98. The number of carbonyl (C=O) groups excluding carboxylic acids is 2. The molecule has 0 aliphatic carbocycles. The number of nitrogens with zero attached hydrogens (tertiary/aromatic N) is 1. The van der Waals surface area contributed by atoms with Crippen LogP contribution in [0.5, 0.6) is 0 Å². The molecule has 2 amide bonds. The van der Waals surface area contributed by atoms with E-state index in [4.69, 9.17) is 0 Å². The first kappa shape index (κ1) is 23.1.